The fraction of sp³-hybridized carbons (Fsp3) is 0.571. The minimum absolute atomic E-state index is 0.263. The van der Waals surface area contributed by atoms with Gasteiger partial charge in [-0.15, -0.1) is 0 Å². The molecular weight excluding hydrogens is 276 g/mol. The number of hydrogen-bond donors (Lipinski definition) is 1. The van der Waals surface area contributed by atoms with Gasteiger partial charge >= 0.3 is 0 Å². The summed E-state index contributed by atoms with van der Waals surface area (Å²) in [6.07, 6.45) is 2.18. The van der Waals surface area contributed by atoms with Gasteiger partial charge in [0.05, 0.1) is 0 Å². The first-order valence-corrected chi connectivity index (χ1v) is 7.10. The maximum Gasteiger partial charge on any atom is 0.0405 e. The molecule has 1 aromatic carbocycles. The van der Waals surface area contributed by atoms with E-state index in [1.807, 2.05) is 0 Å². The second-order valence-corrected chi connectivity index (χ2v) is 6.26. The van der Waals surface area contributed by atoms with E-state index in [4.69, 9.17) is 5.73 Å². The van der Waals surface area contributed by atoms with E-state index in [1.165, 1.54) is 15.7 Å². The average molecular weight is 297 g/mol. The largest absolute Gasteiger partial charge is 0.366 e. The first-order valence-electron chi connectivity index (χ1n) is 6.31. The lowest BCUT2D eigenvalue weighted by Crippen LogP contribution is -2.40. The summed E-state index contributed by atoms with van der Waals surface area (Å²) in [5, 5.41) is 0. The van der Waals surface area contributed by atoms with Crippen molar-refractivity contribution in [1.82, 2.24) is 0 Å². The summed E-state index contributed by atoms with van der Waals surface area (Å²) < 4.78 is 1.17. The molecule has 0 radical (unpaired) electrons. The van der Waals surface area contributed by atoms with Gasteiger partial charge in [-0.05, 0) is 57.4 Å². The monoisotopic (exact) mass is 296 g/mol. The van der Waals surface area contributed by atoms with Crippen LogP contribution >= 0.6 is 15.9 Å². The van der Waals surface area contributed by atoms with Crippen LogP contribution in [0.15, 0.2) is 22.7 Å². The van der Waals surface area contributed by atoms with Gasteiger partial charge in [-0.1, -0.05) is 15.9 Å². The molecule has 2 atom stereocenters. The molecule has 17 heavy (non-hydrogen) atoms. The third kappa shape index (κ3) is 2.66. The van der Waals surface area contributed by atoms with Gasteiger partial charge in [0.15, 0.2) is 0 Å². The maximum atomic E-state index is 5.96. The number of anilines is 1. The van der Waals surface area contributed by atoms with Crippen molar-refractivity contribution in [3.8, 4) is 0 Å². The van der Waals surface area contributed by atoms with Crippen molar-refractivity contribution in [2.24, 2.45) is 5.73 Å². The Labute approximate surface area is 112 Å². The van der Waals surface area contributed by atoms with Crippen molar-refractivity contribution in [3.05, 3.63) is 28.2 Å². The van der Waals surface area contributed by atoms with Crippen LogP contribution in [0.1, 0.15) is 32.8 Å². The second kappa shape index (κ2) is 4.99. The van der Waals surface area contributed by atoms with Crippen LogP contribution in [-0.4, -0.2) is 18.1 Å². The number of fused-ring (bicyclic) bond motifs is 1. The van der Waals surface area contributed by atoms with E-state index in [0.29, 0.717) is 12.1 Å². The van der Waals surface area contributed by atoms with Gasteiger partial charge < -0.3 is 10.6 Å². The molecule has 0 amide bonds. The maximum absolute atomic E-state index is 5.96. The Morgan fingerprint density at radius 3 is 2.71 bits per heavy atom. The lowest BCUT2D eigenvalue weighted by atomic mass is 10.0. The highest BCUT2D eigenvalue weighted by Gasteiger charge is 2.31. The Hall–Kier alpha value is -0.540. The molecule has 1 aliphatic heterocycles. The lowest BCUT2D eigenvalue weighted by Gasteiger charge is -2.32. The van der Waals surface area contributed by atoms with E-state index < -0.39 is 0 Å². The van der Waals surface area contributed by atoms with Crippen LogP contribution in [0.25, 0.3) is 0 Å². The Kier molecular flexibility index (Phi) is 3.79. The Bertz CT molecular complexity index is 401. The molecule has 1 aliphatic rings. The summed E-state index contributed by atoms with van der Waals surface area (Å²) in [5.41, 5.74) is 8.79. The molecular formula is C14H21BrN2. The number of rotatable bonds is 3. The van der Waals surface area contributed by atoms with Gasteiger partial charge in [0.25, 0.3) is 0 Å². The fourth-order valence-corrected chi connectivity index (χ4v) is 3.25. The number of nitrogens with zero attached hydrogens (tertiary/aromatic N) is 1. The van der Waals surface area contributed by atoms with Crippen molar-refractivity contribution in [3.63, 3.8) is 0 Å². The topological polar surface area (TPSA) is 29.3 Å². The molecule has 0 spiro atoms. The summed E-state index contributed by atoms with van der Waals surface area (Å²) in [6.45, 7) is 6.61. The lowest BCUT2D eigenvalue weighted by molar-refractivity contribution is 0.497. The van der Waals surface area contributed by atoms with Gasteiger partial charge in [0.1, 0.15) is 0 Å². The van der Waals surface area contributed by atoms with Gasteiger partial charge in [-0.2, -0.15) is 0 Å². The van der Waals surface area contributed by atoms with E-state index in [9.17, 15) is 0 Å². The molecule has 94 valence electrons. The van der Waals surface area contributed by atoms with Crippen LogP contribution in [0.4, 0.5) is 5.69 Å². The SMILES string of the molecule is CC(N)CC1Cc2cc(Br)ccc2N1C(C)C. The average Bonchev–Trinajstić information content (AvgIpc) is 2.53. The third-order valence-electron chi connectivity index (χ3n) is 3.37. The zero-order valence-electron chi connectivity index (χ0n) is 10.8. The van der Waals surface area contributed by atoms with Crippen molar-refractivity contribution in [2.45, 2.75) is 51.7 Å². The molecule has 0 aromatic heterocycles. The molecule has 0 saturated carbocycles. The fourth-order valence-electron chi connectivity index (χ4n) is 2.84. The molecule has 1 aromatic rings. The van der Waals surface area contributed by atoms with E-state index in [1.54, 1.807) is 0 Å². The first-order chi connectivity index (χ1) is 7.99. The van der Waals surface area contributed by atoms with Crippen LogP contribution in [0, 0.1) is 0 Å². The van der Waals surface area contributed by atoms with Gasteiger partial charge in [0.2, 0.25) is 0 Å². The summed E-state index contributed by atoms with van der Waals surface area (Å²) >= 11 is 3.55. The molecule has 0 saturated heterocycles. The first kappa shape index (κ1) is 12.9. The standard InChI is InChI=1S/C14H21BrN2/c1-9(2)17-13(6-10(3)16)8-11-7-12(15)4-5-14(11)17/h4-5,7,9-10,13H,6,8,16H2,1-3H3. The number of nitrogens with two attached hydrogens (primary N) is 1. The molecule has 1 heterocycles. The molecule has 0 bridgehead atoms. The summed E-state index contributed by atoms with van der Waals surface area (Å²) in [5.74, 6) is 0. The van der Waals surface area contributed by atoms with E-state index >= 15 is 0 Å². The molecule has 0 aliphatic carbocycles. The van der Waals surface area contributed by atoms with Gasteiger partial charge in [-0.3, -0.25) is 0 Å². The van der Waals surface area contributed by atoms with Crippen molar-refractivity contribution in [2.75, 3.05) is 4.90 Å². The smallest absolute Gasteiger partial charge is 0.0405 e. The van der Waals surface area contributed by atoms with Crippen molar-refractivity contribution >= 4 is 21.6 Å². The second-order valence-electron chi connectivity index (χ2n) is 5.34. The van der Waals surface area contributed by atoms with Crippen LogP contribution in [0.2, 0.25) is 0 Å². The van der Waals surface area contributed by atoms with Crippen LogP contribution in [0.3, 0.4) is 0 Å². The van der Waals surface area contributed by atoms with Crippen LogP contribution in [-0.2, 0) is 6.42 Å². The predicted octanol–water partition coefficient (Wildman–Crippen LogP) is 3.33. The summed E-state index contributed by atoms with van der Waals surface area (Å²) in [4.78, 5) is 2.52. The number of halogens is 1. The zero-order chi connectivity index (χ0) is 12.6. The molecule has 0 fully saturated rings. The quantitative estimate of drug-likeness (QED) is 0.927. The predicted molar refractivity (Wildman–Crippen MR) is 77.5 cm³/mol. The highest BCUT2D eigenvalue weighted by molar-refractivity contribution is 9.10. The van der Waals surface area contributed by atoms with Crippen molar-refractivity contribution < 1.29 is 0 Å². The van der Waals surface area contributed by atoms with Gasteiger partial charge in [0, 0.05) is 28.3 Å². The zero-order valence-corrected chi connectivity index (χ0v) is 12.4. The van der Waals surface area contributed by atoms with E-state index in [-0.39, 0.29) is 6.04 Å². The summed E-state index contributed by atoms with van der Waals surface area (Å²) in [7, 11) is 0. The third-order valence-corrected chi connectivity index (χ3v) is 3.86. The number of benzene rings is 1. The summed E-state index contributed by atoms with van der Waals surface area (Å²) in [6, 6.07) is 7.94. The minimum Gasteiger partial charge on any atom is -0.366 e. The van der Waals surface area contributed by atoms with E-state index in [0.717, 1.165) is 12.8 Å². The Morgan fingerprint density at radius 2 is 2.12 bits per heavy atom. The Balaban J connectivity index is 2.30. The molecule has 2 N–H and O–H groups in total. The van der Waals surface area contributed by atoms with Gasteiger partial charge in [-0.25, -0.2) is 0 Å². The number of hydrogen-bond acceptors (Lipinski definition) is 2. The molecule has 2 rings (SSSR count). The van der Waals surface area contributed by atoms with E-state index in [2.05, 4.69) is 59.8 Å². The highest BCUT2D eigenvalue weighted by Crippen LogP contribution is 2.36. The van der Waals surface area contributed by atoms with Crippen molar-refractivity contribution in [1.29, 1.82) is 0 Å². The Morgan fingerprint density at radius 1 is 1.41 bits per heavy atom. The van der Waals surface area contributed by atoms with Crippen LogP contribution in [0.5, 0.6) is 0 Å². The molecule has 3 heteroatoms. The van der Waals surface area contributed by atoms with Crippen LogP contribution < -0.4 is 10.6 Å². The molecule has 2 unspecified atom stereocenters. The molecule has 2 nitrogen and oxygen atoms in total. The normalized spacial score (nSPS) is 20.8. The highest BCUT2D eigenvalue weighted by atomic mass is 79.9. The minimum atomic E-state index is 0.263.